The average molecular weight is 435 g/mol. The second-order valence-electron chi connectivity index (χ2n) is 7.42. The Hall–Kier alpha value is -3.87. The molecule has 3 aromatic rings. The summed E-state index contributed by atoms with van der Waals surface area (Å²) in [6.07, 6.45) is 8.03. The first-order chi connectivity index (χ1) is 15.4. The molecule has 0 fully saturated rings. The molecule has 0 spiro atoms. The monoisotopic (exact) mass is 435 g/mol. The van der Waals surface area contributed by atoms with Gasteiger partial charge in [0.25, 0.3) is 0 Å². The van der Waals surface area contributed by atoms with Crippen molar-refractivity contribution in [1.82, 2.24) is 14.7 Å². The zero-order chi connectivity index (χ0) is 22.3. The molecule has 0 radical (unpaired) electrons. The van der Waals surface area contributed by atoms with Gasteiger partial charge in [0.1, 0.15) is 5.82 Å². The van der Waals surface area contributed by atoms with Crippen molar-refractivity contribution in [3.8, 4) is 5.69 Å². The number of aromatic nitrogens is 2. The first kappa shape index (κ1) is 20.1. The fraction of sp³-hybridized carbons (Fsp3) is 0.0800. The zero-order valence-corrected chi connectivity index (χ0v) is 16.7. The molecule has 3 heterocycles. The molecule has 0 unspecified atom stereocenters. The molecule has 2 aliphatic rings. The molecular formula is C25H17F4N3. The van der Waals surface area contributed by atoms with Gasteiger partial charge in [-0.25, -0.2) is 9.07 Å². The molecule has 0 bridgehead atoms. The van der Waals surface area contributed by atoms with Crippen molar-refractivity contribution in [2.24, 2.45) is 0 Å². The second kappa shape index (κ2) is 7.67. The van der Waals surface area contributed by atoms with E-state index in [-0.39, 0.29) is 5.82 Å². The van der Waals surface area contributed by atoms with Gasteiger partial charge in [-0.15, -0.1) is 0 Å². The number of fused-ring (bicyclic) bond motifs is 1. The van der Waals surface area contributed by atoms with Crippen LogP contribution in [0.3, 0.4) is 0 Å². The van der Waals surface area contributed by atoms with E-state index in [4.69, 9.17) is 0 Å². The third kappa shape index (κ3) is 3.66. The summed E-state index contributed by atoms with van der Waals surface area (Å²) in [4.78, 5) is 2.02. The molecule has 0 atom stereocenters. The van der Waals surface area contributed by atoms with Gasteiger partial charge in [0.2, 0.25) is 0 Å². The third-order valence-electron chi connectivity index (χ3n) is 5.40. The SMILES string of the molecule is Fc1ccc(C2=CCC=C3C=CC(c4ccnn4-c4ccc(C(F)(F)F)cc4)=CN32)cc1. The summed E-state index contributed by atoms with van der Waals surface area (Å²) >= 11 is 0. The van der Waals surface area contributed by atoms with E-state index in [1.165, 1.54) is 24.3 Å². The lowest BCUT2D eigenvalue weighted by Gasteiger charge is -2.31. The van der Waals surface area contributed by atoms with Crippen molar-refractivity contribution in [3.05, 3.63) is 120 Å². The number of hydrogen-bond acceptors (Lipinski definition) is 2. The normalized spacial score (nSPS) is 15.8. The maximum absolute atomic E-state index is 13.4. The predicted octanol–water partition coefficient (Wildman–Crippen LogP) is 6.57. The first-order valence-electron chi connectivity index (χ1n) is 9.97. The van der Waals surface area contributed by atoms with Gasteiger partial charge in [0.15, 0.2) is 0 Å². The fourth-order valence-corrected chi connectivity index (χ4v) is 3.83. The number of alkyl halides is 3. The summed E-state index contributed by atoms with van der Waals surface area (Å²) in [6, 6.07) is 13.1. The Kier molecular flexibility index (Phi) is 4.81. The van der Waals surface area contributed by atoms with Gasteiger partial charge in [0, 0.05) is 23.2 Å². The van der Waals surface area contributed by atoms with Gasteiger partial charge in [-0.05, 0) is 78.7 Å². The molecule has 0 aliphatic carbocycles. The second-order valence-corrected chi connectivity index (χ2v) is 7.42. The number of rotatable bonds is 3. The Bertz CT molecular complexity index is 1270. The number of halogens is 4. The molecule has 0 amide bonds. The first-order valence-corrected chi connectivity index (χ1v) is 9.97. The van der Waals surface area contributed by atoms with E-state index in [1.54, 1.807) is 23.0 Å². The number of allylic oxidation sites excluding steroid dienone is 5. The summed E-state index contributed by atoms with van der Waals surface area (Å²) in [5.41, 5.74) is 4.23. The molecule has 3 nitrogen and oxygen atoms in total. The quantitative estimate of drug-likeness (QED) is 0.434. The van der Waals surface area contributed by atoms with Crippen LogP contribution in [-0.2, 0) is 6.18 Å². The van der Waals surface area contributed by atoms with Crippen LogP contribution < -0.4 is 0 Å². The van der Waals surface area contributed by atoms with Gasteiger partial charge < -0.3 is 4.90 Å². The van der Waals surface area contributed by atoms with Crippen LogP contribution >= 0.6 is 0 Å². The smallest absolute Gasteiger partial charge is 0.317 e. The van der Waals surface area contributed by atoms with E-state index >= 15 is 0 Å². The van der Waals surface area contributed by atoms with Gasteiger partial charge in [-0.2, -0.15) is 18.3 Å². The summed E-state index contributed by atoms with van der Waals surface area (Å²) in [5.74, 6) is -0.295. The number of hydrogen-bond donors (Lipinski definition) is 0. The Morgan fingerprint density at radius 2 is 1.59 bits per heavy atom. The molecule has 0 saturated carbocycles. The van der Waals surface area contributed by atoms with Crippen LogP contribution in [0, 0.1) is 5.82 Å². The molecule has 7 heteroatoms. The highest BCUT2D eigenvalue weighted by molar-refractivity contribution is 5.79. The lowest BCUT2D eigenvalue weighted by molar-refractivity contribution is -0.137. The van der Waals surface area contributed by atoms with Crippen molar-refractivity contribution in [2.75, 3.05) is 0 Å². The van der Waals surface area contributed by atoms with Gasteiger partial charge in [-0.3, -0.25) is 0 Å². The Morgan fingerprint density at radius 1 is 0.844 bits per heavy atom. The molecule has 2 aliphatic heterocycles. The zero-order valence-electron chi connectivity index (χ0n) is 16.7. The largest absolute Gasteiger partial charge is 0.416 e. The highest BCUT2D eigenvalue weighted by atomic mass is 19.4. The van der Waals surface area contributed by atoms with Crippen molar-refractivity contribution < 1.29 is 17.6 Å². The Balaban J connectivity index is 1.50. The van der Waals surface area contributed by atoms with Crippen molar-refractivity contribution in [3.63, 3.8) is 0 Å². The van der Waals surface area contributed by atoms with Gasteiger partial charge in [-0.1, -0.05) is 12.2 Å². The van der Waals surface area contributed by atoms with E-state index in [2.05, 4.69) is 17.3 Å². The maximum atomic E-state index is 13.4. The summed E-state index contributed by atoms with van der Waals surface area (Å²) in [5, 5.41) is 4.32. The molecule has 5 rings (SSSR count). The predicted molar refractivity (Wildman–Crippen MR) is 115 cm³/mol. The van der Waals surface area contributed by atoms with Crippen molar-refractivity contribution in [1.29, 1.82) is 0 Å². The molecule has 160 valence electrons. The van der Waals surface area contributed by atoms with Crippen LogP contribution in [0.5, 0.6) is 0 Å². The lowest BCUT2D eigenvalue weighted by atomic mass is 10.0. The fourth-order valence-electron chi connectivity index (χ4n) is 3.83. The summed E-state index contributed by atoms with van der Waals surface area (Å²) in [6.45, 7) is 0. The molecule has 0 saturated heterocycles. The number of nitrogens with zero attached hydrogens (tertiary/aromatic N) is 3. The highest BCUT2D eigenvalue weighted by Gasteiger charge is 2.30. The van der Waals surface area contributed by atoms with Crippen molar-refractivity contribution in [2.45, 2.75) is 12.6 Å². The van der Waals surface area contributed by atoms with E-state index in [0.29, 0.717) is 5.69 Å². The summed E-state index contributed by atoms with van der Waals surface area (Å²) < 4.78 is 53.7. The minimum Gasteiger partial charge on any atom is -0.317 e. The van der Waals surface area contributed by atoms with Crippen LogP contribution in [0.15, 0.2) is 97.0 Å². The van der Waals surface area contributed by atoms with Crippen LogP contribution in [0.25, 0.3) is 17.0 Å². The average Bonchev–Trinajstić information content (AvgIpc) is 3.28. The van der Waals surface area contributed by atoms with Crippen LogP contribution in [0.2, 0.25) is 0 Å². The van der Waals surface area contributed by atoms with Crippen LogP contribution in [0.1, 0.15) is 23.2 Å². The molecular weight excluding hydrogens is 418 g/mol. The minimum atomic E-state index is -4.39. The third-order valence-corrected chi connectivity index (χ3v) is 5.40. The maximum Gasteiger partial charge on any atom is 0.416 e. The molecule has 2 aromatic carbocycles. The molecule has 0 N–H and O–H groups in total. The number of benzene rings is 2. The Labute approximate surface area is 181 Å². The lowest BCUT2D eigenvalue weighted by Crippen LogP contribution is -2.20. The van der Waals surface area contributed by atoms with E-state index in [0.717, 1.165) is 46.8 Å². The van der Waals surface area contributed by atoms with Crippen LogP contribution in [0.4, 0.5) is 17.6 Å². The van der Waals surface area contributed by atoms with E-state index in [9.17, 15) is 17.6 Å². The Morgan fingerprint density at radius 3 is 2.31 bits per heavy atom. The topological polar surface area (TPSA) is 21.1 Å². The standard InChI is InChI=1S/C25H17F4N3/c26-20-9-4-17(5-10-20)23-3-1-2-21-11-6-18(16-31(21)23)24-14-15-30-32(24)22-12-7-19(8-13-22)25(27,28)29/h2-16H,1H2. The van der Waals surface area contributed by atoms with E-state index in [1.807, 2.05) is 29.3 Å². The molecule has 1 aromatic heterocycles. The van der Waals surface area contributed by atoms with Crippen LogP contribution in [-0.4, -0.2) is 14.7 Å². The minimum absolute atomic E-state index is 0.295. The highest BCUT2D eigenvalue weighted by Crippen LogP contribution is 2.35. The van der Waals surface area contributed by atoms with Gasteiger partial charge >= 0.3 is 6.18 Å². The summed E-state index contributed by atoms with van der Waals surface area (Å²) in [7, 11) is 0. The molecule has 32 heavy (non-hydrogen) atoms. The van der Waals surface area contributed by atoms with E-state index < -0.39 is 11.7 Å². The van der Waals surface area contributed by atoms with Gasteiger partial charge in [0.05, 0.1) is 23.1 Å². The van der Waals surface area contributed by atoms with Crippen molar-refractivity contribution >= 4 is 11.3 Å².